The van der Waals surface area contributed by atoms with Crippen LogP contribution in [0.15, 0.2) is 11.6 Å². The lowest BCUT2D eigenvalue weighted by molar-refractivity contribution is -0.224. The molecule has 1 amide bonds. The smallest absolute Gasteiger partial charge is 0.240 e. The van der Waals surface area contributed by atoms with Crippen LogP contribution in [0.4, 0.5) is 0 Å². The van der Waals surface area contributed by atoms with Crippen LogP contribution in [0.5, 0.6) is 0 Å². The summed E-state index contributed by atoms with van der Waals surface area (Å²) in [5, 5.41) is 53.8. The summed E-state index contributed by atoms with van der Waals surface area (Å²) >= 11 is 0. The van der Waals surface area contributed by atoms with E-state index in [1.54, 1.807) is 20.1 Å². The zero-order valence-corrected chi connectivity index (χ0v) is 34.0. The maximum Gasteiger partial charge on any atom is 0.240 e. The first kappa shape index (κ1) is 39.6. The van der Waals surface area contributed by atoms with E-state index >= 15 is 0 Å². The summed E-state index contributed by atoms with van der Waals surface area (Å²) in [6.07, 6.45) is 9.12. The highest BCUT2D eigenvalue weighted by molar-refractivity contribution is 5.96. The topological polar surface area (TPSA) is 158 Å². The fourth-order valence-corrected chi connectivity index (χ4v) is 14.7. The highest BCUT2D eigenvalue weighted by Crippen LogP contribution is 2.76. The van der Waals surface area contributed by atoms with E-state index in [0.29, 0.717) is 64.7 Å². The molecule has 5 aliphatic carbocycles. The Morgan fingerprint density at radius 2 is 1.77 bits per heavy atom. The van der Waals surface area contributed by atoms with E-state index in [2.05, 4.69) is 24.1 Å². The summed E-state index contributed by atoms with van der Waals surface area (Å²) in [6, 6.07) is -0.616. The number of aliphatic hydroxyl groups excluding tert-OH is 2. The molecule has 11 nitrogen and oxygen atoms in total. The standard InChI is InChI=1S/C45H66N2O9/c1-26-30-23-32-40(51)47-25-28(47)12-8-15-43-18-19-44(27-10-6-5-7-11-27)34(42(3,52)38(49)36(26)56-37(30)39(50)46-32)14-17-45(44,53)35(43)24-33(48)31-22-29(13-16-41(31,43)2)55-21-9-20-54-4/h24,26-32,34,36-39,46,49-50,52-53H,5-7,9-14,16-23,25H2,1-4H3/t26-,28+,29+,30-,31+,32+,34-,36+,37+,38-,39+,41+,42+,43+,44+,45-,47?/m1/s1. The van der Waals surface area contributed by atoms with E-state index < -0.39 is 63.9 Å². The molecule has 310 valence electrons. The second-order valence-electron chi connectivity index (χ2n) is 20.1. The largest absolute Gasteiger partial charge is 0.387 e. The molecule has 7 fully saturated rings. The van der Waals surface area contributed by atoms with Crippen LogP contribution < -0.4 is 5.32 Å². The van der Waals surface area contributed by atoms with Gasteiger partial charge in [0.25, 0.3) is 0 Å². The molecular formula is C45H66N2O9. The second kappa shape index (κ2) is 14.1. The molecule has 4 saturated carbocycles. The summed E-state index contributed by atoms with van der Waals surface area (Å²) in [6.45, 7) is 7.79. The Labute approximate surface area is 332 Å². The van der Waals surface area contributed by atoms with Crippen molar-refractivity contribution in [2.45, 2.75) is 171 Å². The van der Waals surface area contributed by atoms with Crippen molar-refractivity contribution in [2.24, 2.45) is 45.8 Å². The van der Waals surface area contributed by atoms with E-state index in [-0.39, 0.29) is 47.5 Å². The Morgan fingerprint density at radius 3 is 2.54 bits per heavy atom. The SMILES string of the molecule is COCCCO[C@H]1CC[C@@]2(C)[C@@H](C1)C(=O)C=C1[C@]3(O)CC[C@@H]4[C@](C)(O)[C@H](O)[C@H]5O[C@H]6[C@H](C[C@H](N[C@H]6O)C(=O)N6C[C@@H]6CC#C[C@]12CC[C@]43C1CCCCC1)[C@H]5C. The van der Waals surface area contributed by atoms with Crippen LogP contribution in [0.3, 0.4) is 0 Å². The minimum Gasteiger partial charge on any atom is -0.387 e. The zero-order chi connectivity index (χ0) is 39.4. The molecule has 56 heavy (non-hydrogen) atoms. The fourth-order valence-electron chi connectivity index (χ4n) is 14.7. The van der Waals surface area contributed by atoms with Gasteiger partial charge in [-0.2, -0.15) is 0 Å². The minimum absolute atomic E-state index is 0.0368. The first-order chi connectivity index (χ1) is 26.7. The first-order valence-electron chi connectivity index (χ1n) is 22.1. The highest BCUT2D eigenvalue weighted by atomic mass is 16.5. The average molecular weight is 779 g/mol. The molecule has 0 aromatic rings. The van der Waals surface area contributed by atoms with Gasteiger partial charge in [-0.05, 0) is 118 Å². The van der Waals surface area contributed by atoms with Gasteiger partial charge in [0.1, 0.15) is 18.4 Å². The molecule has 5 aliphatic heterocycles. The highest BCUT2D eigenvalue weighted by Gasteiger charge is 2.76. The number of rotatable bonds is 6. The number of amides is 1. The van der Waals surface area contributed by atoms with Crippen LogP contribution >= 0.6 is 0 Å². The third kappa shape index (κ3) is 5.59. The molecular weight excluding hydrogens is 712 g/mol. The number of methoxy groups -OCH3 is 1. The normalized spacial score (nSPS) is 51.3. The molecule has 1 spiro atoms. The molecule has 3 saturated heterocycles. The van der Waals surface area contributed by atoms with Crippen molar-refractivity contribution in [1.82, 2.24) is 10.2 Å². The van der Waals surface area contributed by atoms with Crippen LogP contribution in [-0.2, 0) is 23.8 Å². The van der Waals surface area contributed by atoms with Crippen molar-refractivity contribution < 1.29 is 44.2 Å². The molecule has 11 heteroatoms. The average Bonchev–Trinajstić information content (AvgIpc) is 3.77. The number of ketones is 1. The van der Waals surface area contributed by atoms with Gasteiger partial charge in [0.05, 0.1) is 40.9 Å². The third-order valence-corrected chi connectivity index (χ3v) is 17.7. The Morgan fingerprint density at radius 1 is 0.982 bits per heavy atom. The number of carbonyl (C=O) groups is 2. The lowest BCUT2D eigenvalue weighted by atomic mass is 9.37. The van der Waals surface area contributed by atoms with Crippen molar-refractivity contribution in [3.63, 3.8) is 0 Å². The number of hydrogen-bond donors (Lipinski definition) is 5. The number of nitrogens with zero attached hydrogens (tertiary/aromatic N) is 1. The number of fused-ring (bicyclic) bond motifs is 4. The molecule has 10 rings (SSSR count). The summed E-state index contributed by atoms with van der Waals surface area (Å²) < 4.78 is 18.1. The second-order valence-corrected chi connectivity index (χ2v) is 20.1. The van der Waals surface area contributed by atoms with Crippen molar-refractivity contribution in [2.75, 3.05) is 26.9 Å². The molecule has 0 radical (unpaired) electrons. The van der Waals surface area contributed by atoms with E-state index in [1.165, 1.54) is 0 Å². The molecule has 0 aromatic carbocycles. The number of allylic oxidation sites excluding steroid dienone is 1. The summed E-state index contributed by atoms with van der Waals surface area (Å²) in [5.74, 6) is 6.32. The first-order valence-corrected chi connectivity index (χ1v) is 22.1. The van der Waals surface area contributed by atoms with Crippen LogP contribution in [-0.4, -0.2) is 118 Å². The van der Waals surface area contributed by atoms with Gasteiger partial charge in [-0.15, -0.1) is 5.92 Å². The predicted molar refractivity (Wildman–Crippen MR) is 207 cm³/mol. The Kier molecular flexibility index (Phi) is 9.97. The zero-order valence-electron chi connectivity index (χ0n) is 34.0. The minimum atomic E-state index is -1.66. The van der Waals surface area contributed by atoms with Gasteiger partial charge in [-0.25, -0.2) is 0 Å². The van der Waals surface area contributed by atoms with Crippen molar-refractivity contribution >= 4 is 11.7 Å². The van der Waals surface area contributed by atoms with Crippen LogP contribution in [0, 0.1) is 57.7 Å². The van der Waals surface area contributed by atoms with Crippen LogP contribution in [0.1, 0.15) is 117 Å². The summed E-state index contributed by atoms with van der Waals surface area (Å²) in [4.78, 5) is 30.5. The Balaban J connectivity index is 1.17. The Hall–Kier alpha value is -1.88. The van der Waals surface area contributed by atoms with Gasteiger partial charge in [0.15, 0.2) is 5.78 Å². The van der Waals surface area contributed by atoms with E-state index in [1.807, 2.05) is 11.8 Å². The van der Waals surface area contributed by atoms with Crippen molar-refractivity contribution in [3.8, 4) is 11.8 Å². The van der Waals surface area contributed by atoms with Gasteiger partial charge in [-0.3, -0.25) is 14.9 Å². The quantitative estimate of drug-likeness (QED) is 0.153. The summed E-state index contributed by atoms with van der Waals surface area (Å²) in [5.41, 5.74) is -4.45. The molecule has 5 N–H and O–H groups in total. The maximum absolute atomic E-state index is 14.7. The van der Waals surface area contributed by atoms with Gasteiger partial charge in [0, 0.05) is 44.6 Å². The van der Waals surface area contributed by atoms with Crippen molar-refractivity contribution in [1.29, 1.82) is 0 Å². The van der Waals surface area contributed by atoms with Gasteiger partial charge < -0.3 is 39.5 Å². The van der Waals surface area contributed by atoms with Crippen LogP contribution in [0.2, 0.25) is 0 Å². The number of aliphatic hydroxyl groups is 4. The van der Waals surface area contributed by atoms with Crippen molar-refractivity contribution in [3.05, 3.63) is 11.6 Å². The molecule has 7 bridgehead atoms. The third-order valence-electron chi connectivity index (χ3n) is 17.7. The van der Waals surface area contributed by atoms with Gasteiger partial charge >= 0.3 is 0 Å². The van der Waals surface area contributed by atoms with E-state index in [9.17, 15) is 30.0 Å². The molecule has 0 aromatic heterocycles. The van der Waals surface area contributed by atoms with Gasteiger partial charge in [-0.1, -0.05) is 39.0 Å². The van der Waals surface area contributed by atoms with E-state index in [0.717, 1.165) is 56.9 Å². The number of hydrogen-bond acceptors (Lipinski definition) is 10. The van der Waals surface area contributed by atoms with Crippen LogP contribution in [0.25, 0.3) is 0 Å². The maximum atomic E-state index is 14.7. The number of carbonyl (C=O) groups excluding carboxylic acids is 2. The number of nitrogens with one attached hydrogen (secondary N) is 1. The Bertz CT molecular complexity index is 1670. The summed E-state index contributed by atoms with van der Waals surface area (Å²) in [7, 11) is 1.69. The lowest BCUT2D eigenvalue weighted by Gasteiger charge is -2.67. The van der Waals surface area contributed by atoms with E-state index in [4.69, 9.17) is 14.2 Å². The predicted octanol–water partition coefficient (Wildman–Crippen LogP) is 3.64. The lowest BCUT2D eigenvalue weighted by Crippen LogP contribution is -2.69. The number of piperidine rings is 1. The monoisotopic (exact) mass is 778 g/mol. The molecule has 5 heterocycles. The molecule has 16 atom stereocenters. The number of ether oxygens (including phenoxy) is 3. The molecule has 0 unspecified atom stereocenters. The molecule has 10 aliphatic rings. The van der Waals surface area contributed by atoms with Gasteiger partial charge in [0.2, 0.25) is 5.91 Å². The fraction of sp³-hybridized carbons (Fsp3) is 0.867.